The number of amides is 1. The zero-order valence-electron chi connectivity index (χ0n) is 9.93. The molecule has 0 unspecified atom stereocenters. The van der Waals surface area contributed by atoms with Crippen LogP contribution in [0.2, 0.25) is 0 Å². The van der Waals surface area contributed by atoms with Crippen LogP contribution in [0.25, 0.3) is 0 Å². The second-order valence-corrected chi connectivity index (χ2v) is 3.50. The monoisotopic (exact) mass is 265 g/mol. The van der Waals surface area contributed by atoms with Crippen LogP contribution < -0.4 is 5.73 Å². The highest BCUT2D eigenvalue weighted by molar-refractivity contribution is 5.90. The molecule has 0 aromatic rings. The molecule has 106 valence electrons. The van der Waals surface area contributed by atoms with Crippen molar-refractivity contribution in [2.24, 2.45) is 5.73 Å². The number of aliphatic hydroxyl groups is 5. The van der Waals surface area contributed by atoms with E-state index in [1.54, 1.807) is 6.92 Å². The third kappa shape index (κ3) is 7.87. The van der Waals surface area contributed by atoms with E-state index in [4.69, 9.17) is 31.3 Å². The molecule has 0 rings (SSSR count). The van der Waals surface area contributed by atoms with Crippen molar-refractivity contribution >= 4 is 12.2 Å². The molecule has 8 heteroatoms. The molecule has 0 radical (unpaired) electrons. The van der Waals surface area contributed by atoms with Gasteiger partial charge in [0.2, 0.25) is 5.91 Å². The standard InChI is InChI=1S/C6H12O6.C4H7NO/c7-1-3(9)5(11)6(12)4(10)2-8;1-3(2)4(5)6/h1,3-6,8-12H,2H2;1H2,2H3,(H2,5,6)/t3-,4+,5+,6+;/m0./s1. The molecule has 8 nitrogen and oxygen atoms in total. The number of rotatable bonds is 6. The maximum atomic E-state index is 9.90. The van der Waals surface area contributed by atoms with Gasteiger partial charge in [0.1, 0.15) is 24.4 Å². The molecule has 18 heavy (non-hydrogen) atoms. The Kier molecular flexibility index (Phi) is 10.2. The zero-order chi connectivity index (χ0) is 14.9. The SMILES string of the molecule is C=C(C)C(N)=O.O=C[C@H](O)[C@@H](O)[C@H](O)[C@H](O)CO. The second-order valence-electron chi connectivity index (χ2n) is 3.50. The minimum Gasteiger partial charge on any atom is -0.394 e. The van der Waals surface area contributed by atoms with Gasteiger partial charge in [-0.05, 0) is 6.92 Å². The van der Waals surface area contributed by atoms with Crippen LogP contribution in [0.5, 0.6) is 0 Å². The molecule has 0 saturated heterocycles. The summed E-state index contributed by atoms with van der Waals surface area (Å²) in [5.41, 5.74) is 5.09. The van der Waals surface area contributed by atoms with Gasteiger partial charge in [-0.2, -0.15) is 0 Å². The highest BCUT2D eigenvalue weighted by Crippen LogP contribution is 2.02. The molecule has 0 aliphatic rings. The van der Waals surface area contributed by atoms with Crippen LogP contribution in [-0.2, 0) is 9.59 Å². The van der Waals surface area contributed by atoms with E-state index in [2.05, 4.69) is 6.58 Å². The highest BCUT2D eigenvalue weighted by atomic mass is 16.4. The largest absolute Gasteiger partial charge is 0.394 e. The second kappa shape index (κ2) is 9.68. The summed E-state index contributed by atoms with van der Waals surface area (Å²) in [5, 5.41) is 43.5. The Balaban J connectivity index is 0. The van der Waals surface area contributed by atoms with Crippen molar-refractivity contribution < 1.29 is 35.1 Å². The first-order valence-corrected chi connectivity index (χ1v) is 4.92. The Hall–Kier alpha value is -1.32. The molecular formula is C10H19NO7. The quantitative estimate of drug-likeness (QED) is 0.216. The van der Waals surface area contributed by atoms with Gasteiger partial charge in [0.15, 0.2) is 6.29 Å². The molecule has 1 amide bonds. The van der Waals surface area contributed by atoms with Crippen LogP contribution in [0.4, 0.5) is 0 Å². The number of aliphatic hydroxyl groups excluding tert-OH is 5. The molecule has 0 aliphatic heterocycles. The summed E-state index contributed by atoms with van der Waals surface area (Å²) in [6.07, 6.45) is -6.84. The first kappa shape index (κ1) is 19.0. The van der Waals surface area contributed by atoms with Crippen molar-refractivity contribution in [3.63, 3.8) is 0 Å². The Morgan fingerprint density at radius 1 is 1.28 bits per heavy atom. The van der Waals surface area contributed by atoms with Crippen molar-refractivity contribution in [3.05, 3.63) is 12.2 Å². The highest BCUT2D eigenvalue weighted by Gasteiger charge is 2.29. The minimum atomic E-state index is -1.79. The van der Waals surface area contributed by atoms with E-state index in [1.807, 2.05) is 0 Å². The van der Waals surface area contributed by atoms with Crippen molar-refractivity contribution in [1.29, 1.82) is 0 Å². The Morgan fingerprint density at radius 3 is 1.89 bits per heavy atom. The Bertz CT molecular complexity index is 269. The molecule has 0 aromatic heterocycles. The minimum absolute atomic E-state index is 0.0258. The molecule has 0 spiro atoms. The van der Waals surface area contributed by atoms with E-state index in [0.717, 1.165) is 0 Å². The van der Waals surface area contributed by atoms with Crippen LogP contribution in [-0.4, -0.2) is 68.7 Å². The molecule has 0 heterocycles. The van der Waals surface area contributed by atoms with E-state index < -0.39 is 36.9 Å². The lowest BCUT2D eigenvalue weighted by Gasteiger charge is -2.22. The summed E-state index contributed by atoms with van der Waals surface area (Å²) in [6, 6.07) is 0. The van der Waals surface area contributed by atoms with Crippen molar-refractivity contribution in [3.8, 4) is 0 Å². The Morgan fingerprint density at radius 2 is 1.67 bits per heavy atom. The summed E-state index contributed by atoms with van der Waals surface area (Å²) in [4.78, 5) is 19.7. The lowest BCUT2D eigenvalue weighted by atomic mass is 10.0. The predicted octanol–water partition coefficient (Wildman–Crippen LogP) is -3.33. The third-order valence-corrected chi connectivity index (χ3v) is 1.84. The molecule has 0 saturated carbocycles. The number of aldehydes is 1. The normalized spacial score (nSPS) is 16.6. The van der Waals surface area contributed by atoms with Crippen LogP contribution >= 0.6 is 0 Å². The fourth-order valence-electron chi connectivity index (χ4n) is 0.618. The van der Waals surface area contributed by atoms with Gasteiger partial charge in [0.05, 0.1) is 6.61 Å². The van der Waals surface area contributed by atoms with E-state index in [0.29, 0.717) is 5.57 Å². The van der Waals surface area contributed by atoms with Gasteiger partial charge in [-0.3, -0.25) is 4.79 Å². The summed E-state index contributed by atoms with van der Waals surface area (Å²) < 4.78 is 0. The van der Waals surface area contributed by atoms with Crippen molar-refractivity contribution in [2.75, 3.05) is 6.61 Å². The van der Waals surface area contributed by atoms with E-state index in [-0.39, 0.29) is 6.29 Å². The van der Waals surface area contributed by atoms with Crippen LogP contribution in [0.15, 0.2) is 12.2 Å². The van der Waals surface area contributed by atoms with E-state index >= 15 is 0 Å². The van der Waals surface area contributed by atoms with Crippen LogP contribution in [0.3, 0.4) is 0 Å². The fourth-order valence-corrected chi connectivity index (χ4v) is 0.618. The topological polar surface area (TPSA) is 161 Å². The van der Waals surface area contributed by atoms with Gasteiger partial charge in [0, 0.05) is 5.57 Å². The maximum Gasteiger partial charge on any atom is 0.243 e. The van der Waals surface area contributed by atoms with Crippen LogP contribution in [0, 0.1) is 0 Å². The van der Waals surface area contributed by atoms with Gasteiger partial charge in [-0.25, -0.2) is 0 Å². The summed E-state index contributed by atoms with van der Waals surface area (Å²) in [7, 11) is 0. The summed E-state index contributed by atoms with van der Waals surface area (Å²) in [6.45, 7) is 4.09. The summed E-state index contributed by atoms with van der Waals surface area (Å²) >= 11 is 0. The lowest BCUT2D eigenvalue weighted by Crippen LogP contribution is -2.46. The number of carbonyl (C=O) groups is 2. The van der Waals surface area contributed by atoms with Gasteiger partial charge in [-0.1, -0.05) is 6.58 Å². The van der Waals surface area contributed by atoms with Gasteiger partial charge >= 0.3 is 0 Å². The number of hydrogen-bond acceptors (Lipinski definition) is 7. The van der Waals surface area contributed by atoms with Gasteiger partial charge in [0.25, 0.3) is 0 Å². The molecule has 0 aromatic carbocycles. The first-order chi connectivity index (χ1) is 8.18. The molecule has 4 atom stereocenters. The average Bonchev–Trinajstić information content (AvgIpc) is 2.35. The summed E-state index contributed by atoms with van der Waals surface area (Å²) in [5.74, 6) is -0.435. The third-order valence-electron chi connectivity index (χ3n) is 1.84. The zero-order valence-corrected chi connectivity index (χ0v) is 9.93. The molecule has 0 fully saturated rings. The van der Waals surface area contributed by atoms with E-state index in [9.17, 15) is 9.59 Å². The number of primary amides is 1. The maximum absolute atomic E-state index is 9.90. The number of carbonyl (C=O) groups excluding carboxylic acids is 2. The average molecular weight is 265 g/mol. The molecule has 0 aliphatic carbocycles. The van der Waals surface area contributed by atoms with Crippen molar-refractivity contribution in [1.82, 2.24) is 0 Å². The van der Waals surface area contributed by atoms with Gasteiger partial charge in [-0.15, -0.1) is 0 Å². The fraction of sp³-hybridized carbons (Fsp3) is 0.600. The molecular weight excluding hydrogens is 246 g/mol. The predicted molar refractivity (Wildman–Crippen MR) is 61.2 cm³/mol. The number of hydrogen-bond donors (Lipinski definition) is 6. The smallest absolute Gasteiger partial charge is 0.243 e. The first-order valence-electron chi connectivity index (χ1n) is 4.92. The van der Waals surface area contributed by atoms with Crippen molar-refractivity contribution in [2.45, 2.75) is 31.3 Å². The van der Waals surface area contributed by atoms with E-state index in [1.165, 1.54) is 0 Å². The Labute approximate surface area is 104 Å². The molecule has 7 N–H and O–H groups in total. The molecule has 0 bridgehead atoms. The lowest BCUT2D eigenvalue weighted by molar-refractivity contribution is -0.136. The van der Waals surface area contributed by atoms with Gasteiger partial charge < -0.3 is 36.1 Å². The number of nitrogens with two attached hydrogens (primary N) is 1. The van der Waals surface area contributed by atoms with Crippen LogP contribution in [0.1, 0.15) is 6.92 Å².